The summed E-state index contributed by atoms with van der Waals surface area (Å²) in [5.74, 6) is 0. The van der Waals surface area contributed by atoms with Gasteiger partial charge in [-0.2, -0.15) is 0 Å². The lowest BCUT2D eigenvalue weighted by Crippen LogP contribution is -1.81. The molecule has 1 aromatic rings. The van der Waals surface area contributed by atoms with E-state index in [0.29, 0.717) is 15.7 Å². The first-order valence-corrected chi connectivity index (χ1v) is 4.11. The van der Waals surface area contributed by atoms with E-state index >= 15 is 0 Å². The van der Waals surface area contributed by atoms with Crippen molar-refractivity contribution in [3.63, 3.8) is 0 Å². The summed E-state index contributed by atoms with van der Waals surface area (Å²) in [5, 5.41) is 1.20. The van der Waals surface area contributed by atoms with Crippen molar-refractivity contribution in [1.82, 2.24) is 0 Å². The molecule has 0 bridgehead atoms. The van der Waals surface area contributed by atoms with Crippen molar-refractivity contribution in [2.75, 3.05) is 4.34 Å². The van der Waals surface area contributed by atoms with Gasteiger partial charge in [0.1, 0.15) is 0 Å². The monoisotopic (exact) mass is 239 g/mol. The minimum atomic E-state index is 0.601. The number of anilines is 1. The molecule has 10 heavy (non-hydrogen) atoms. The summed E-state index contributed by atoms with van der Waals surface area (Å²) in [6.45, 7) is 0. The van der Waals surface area contributed by atoms with Crippen LogP contribution in [0.25, 0.3) is 0 Å². The Morgan fingerprint density at radius 1 is 1.20 bits per heavy atom. The highest BCUT2D eigenvalue weighted by atomic mass is 79.9. The standard InChI is InChI=1S/C6H4BrCl2N/c7-10-6-4(8)2-1-3-5(6)9/h1-3,10H. The zero-order chi connectivity index (χ0) is 7.56. The minimum absolute atomic E-state index is 0.601. The number of para-hydroxylation sites is 1. The Hall–Kier alpha value is 0.0800. The lowest BCUT2D eigenvalue weighted by Gasteiger charge is -2.01. The Morgan fingerprint density at radius 2 is 1.70 bits per heavy atom. The summed E-state index contributed by atoms with van der Waals surface area (Å²) >= 11 is 14.5. The number of rotatable bonds is 1. The van der Waals surface area contributed by atoms with Crippen LogP contribution in [0.15, 0.2) is 18.2 Å². The normalized spacial score (nSPS) is 9.50. The first-order valence-electron chi connectivity index (χ1n) is 2.56. The van der Waals surface area contributed by atoms with Crippen LogP contribution in [0.4, 0.5) is 5.69 Å². The average molecular weight is 241 g/mol. The summed E-state index contributed by atoms with van der Waals surface area (Å²) in [6, 6.07) is 5.31. The maximum Gasteiger partial charge on any atom is 0.0817 e. The predicted molar refractivity (Wildman–Crippen MR) is 49.0 cm³/mol. The fraction of sp³-hybridized carbons (Fsp3) is 0. The molecular formula is C6H4BrCl2N. The van der Waals surface area contributed by atoms with Gasteiger partial charge in [-0.1, -0.05) is 29.3 Å². The van der Waals surface area contributed by atoms with Crippen LogP contribution in [0.5, 0.6) is 0 Å². The number of nitrogens with one attached hydrogen (secondary N) is 1. The molecule has 1 rings (SSSR count). The molecule has 0 spiro atoms. The Morgan fingerprint density at radius 3 is 2.00 bits per heavy atom. The molecule has 0 aliphatic rings. The molecule has 0 radical (unpaired) electrons. The van der Waals surface area contributed by atoms with Gasteiger partial charge in [0, 0.05) is 16.1 Å². The second-order valence-corrected chi connectivity index (χ2v) is 2.90. The molecule has 0 aliphatic heterocycles. The van der Waals surface area contributed by atoms with E-state index in [9.17, 15) is 0 Å². The topological polar surface area (TPSA) is 12.0 Å². The first-order chi connectivity index (χ1) is 4.75. The van der Waals surface area contributed by atoms with Crippen LogP contribution < -0.4 is 4.34 Å². The largest absolute Gasteiger partial charge is 0.320 e. The van der Waals surface area contributed by atoms with Gasteiger partial charge in [0.25, 0.3) is 0 Å². The fourth-order valence-corrected chi connectivity index (χ4v) is 1.74. The molecule has 0 amide bonds. The first kappa shape index (κ1) is 8.18. The van der Waals surface area contributed by atoms with Gasteiger partial charge < -0.3 is 4.34 Å². The van der Waals surface area contributed by atoms with Gasteiger partial charge in [0.2, 0.25) is 0 Å². The Balaban J connectivity index is 3.17. The van der Waals surface area contributed by atoms with Crippen LogP contribution in [0.1, 0.15) is 0 Å². The lowest BCUT2D eigenvalue weighted by molar-refractivity contribution is 1.69. The summed E-state index contributed by atoms with van der Waals surface area (Å²) in [7, 11) is 0. The molecular weight excluding hydrogens is 237 g/mol. The molecule has 0 fully saturated rings. The third-order valence-corrected chi connectivity index (χ3v) is 2.08. The number of benzene rings is 1. The van der Waals surface area contributed by atoms with Crippen LogP contribution >= 0.6 is 39.3 Å². The van der Waals surface area contributed by atoms with E-state index in [1.165, 1.54) is 0 Å². The average Bonchev–Trinajstić information content (AvgIpc) is 1.88. The predicted octanol–water partition coefficient (Wildman–Crippen LogP) is 3.72. The molecule has 1 aromatic carbocycles. The summed E-state index contributed by atoms with van der Waals surface area (Å²) < 4.78 is 2.71. The molecule has 54 valence electrons. The molecule has 0 saturated heterocycles. The summed E-state index contributed by atoms with van der Waals surface area (Å²) in [4.78, 5) is 0. The fourth-order valence-electron chi connectivity index (χ4n) is 0.588. The van der Waals surface area contributed by atoms with Crippen molar-refractivity contribution in [2.24, 2.45) is 0 Å². The quantitative estimate of drug-likeness (QED) is 0.738. The van der Waals surface area contributed by atoms with Gasteiger partial charge in [-0.15, -0.1) is 0 Å². The van der Waals surface area contributed by atoms with Gasteiger partial charge >= 0.3 is 0 Å². The zero-order valence-corrected chi connectivity index (χ0v) is 7.96. The van der Waals surface area contributed by atoms with Crippen LogP contribution in [-0.2, 0) is 0 Å². The van der Waals surface area contributed by atoms with Crippen molar-refractivity contribution in [2.45, 2.75) is 0 Å². The molecule has 0 heterocycles. The van der Waals surface area contributed by atoms with Gasteiger partial charge in [-0.3, -0.25) is 0 Å². The molecule has 1 nitrogen and oxygen atoms in total. The second kappa shape index (κ2) is 3.46. The zero-order valence-electron chi connectivity index (χ0n) is 4.87. The maximum atomic E-state index is 5.75. The highest BCUT2D eigenvalue weighted by molar-refractivity contribution is 9.10. The van der Waals surface area contributed by atoms with Crippen LogP contribution in [-0.4, -0.2) is 0 Å². The summed E-state index contributed by atoms with van der Waals surface area (Å²) in [6.07, 6.45) is 0. The Kier molecular flexibility index (Phi) is 2.83. The van der Waals surface area contributed by atoms with Crippen LogP contribution in [0.2, 0.25) is 10.0 Å². The molecule has 0 atom stereocenters. The molecule has 0 aliphatic carbocycles. The van der Waals surface area contributed by atoms with Crippen LogP contribution in [0.3, 0.4) is 0 Å². The smallest absolute Gasteiger partial charge is 0.0817 e. The van der Waals surface area contributed by atoms with Gasteiger partial charge in [-0.25, -0.2) is 0 Å². The van der Waals surface area contributed by atoms with Crippen LogP contribution in [0, 0.1) is 0 Å². The third-order valence-electron chi connectivity index (χ3n) is 1.06. The maximum absolute atomic E-state index is 5.75. The number of hydrogen-bond acceptors (Lipinski definition) is 1. The van der Waals surface area contributed by atoms with E-state index in [0.717, 1.165) is 0 Å². The van der Waals surface area contributed by atoms with Crippen molar-refractivity contribution in [3.05, 3.63) is 28.2 Å². The van der Waals surface area contributed by atoms with Crippen molar-refractivity contribution in [3.8, 4) is 0 Å². The Bertz CT molecular complexity index is 219. The molecule has 1 N–H and O–H groups in total. The van der Waals surface area contributed by atoms with E-state index in [-0.39, 0.29) is 0 Å². The minimum Gasteiger partial charge on any atom is -0.320 e. The number of halogens is 3. The van der Waals surface area contributed by atoms with E-state index in [1.54, 1.807) is 18.2 Å². The van der Waals surface area contributed by atoms with Crippen molar-refractivity contribution < 1.29 is 0 Å². The van der Waals surface area contributed by atoms with Crippen molar-refractivity contribution in [1.29, 1.82) is 0 Å². The molecule has 0 saturated carbocycles. The molecule has 0 aromatic heterocycles. The second-order valence-electron chi connectivity index (χ2n) is 1.69. The van der Waals surface area contributed by atoms with E-state index < -0.39 is 0 Å². The number of hydrogen-bond donors (Lipinski definition) is 1. The van der Waals surface area contributed by atoms with E-state index in [4.69, 9.17) is 23.2 Å². The van der Waals surface area contributed by atoms with Gasteiger partial charge in [0.05, 0.1) is 15.7 Å². The highest BCUT2D eigenvalue weighted by Gasteiger charge is 2.01. The molecule has 0 unspecified atom stereocenters. The van der Waals surface area contributed by atoms with Crippen molar-refractivity contribution >= 4 is 45.0 Å². The van der Waals surface area contributed by atoms with Gasteiger partial charge in [0.15, 0.2) is 0 Å². The molecule has 4 heteroatoms. The highest BCUT2D eigenvalue weighted by Crippen LogP contribution is 2.30. The van der Waals surface area contributed by atoms with E-state index in [1.807, 2.05) is 0 Å². The Labute approximate surface area is 77.7 Å². The van der Waals surface area contributed by atoms with Gasteiger partial charge in [-0.05, 0) is 12.1 Å². The third kappa shape index (κ3) is 1.57. The van der Waals surface area contributed by atoms with E-state index in [2.05, 4.69) is 20.5 Å². The lowest BCUT2D eigenvalue weighted by atomic mass is 10.3. The SMILES string of the molecule is Clc1cccc(Cl)c1NBr. The summed E-state index contributed by atoms with van der Waals surface area (Å²) in [5.41, 5.74) is 0.700.